The summed E-state index contributed by atoms with van der Waals surface area (Å²) >= 11 is 0. The maximum absolute atomic E-state index is 13.3. The van der Waals surface area contributed by atoms with E-state index in [0.717, 1.165) is 17.0 Å². The van der Waals surface area contributed by atoms with Crippen molar-refractivity contribution in [1.82, 2.24) is 0 Å². The van der Waals surface area contributed by atoms with Crippen molar-refractivity contribution >= 4 is 34.7 Å². The molecule has 1 N–H and O–H groups in total. The number of benzene rings is 2. The summed E-state index contributed by atoms with van der Waals surface area (Å²) in [5.41, 5.74) is 1.34. The molecule has 0 saturated carbocycles. The third-order valence-corrected chi connectivity index (χ3v) is 4.35. The molecule has 2 aromatic rings. The summed E-state index contributed by atoms with van der Waals surface area (Å²) in [5.74, 6) is -3.22. The van der Waals surface area contributed by atoms with Gasteiger partial charge in [0.1, 0.15) is 5.82 Å². The molecular weight excluding hydrogens is 365 g/mol. The van der Waals surface area contributed by atoms with Crippen LogP contribution in [0.3, 0.4) is 0 Å². The summed E-state index contributed by atoms with van der Waals surface area (Å²) in [6.45, 7) is 3.04. The number of ketones is 1. The third-order valence-electron chi connectivity index (χ3n) is 4.35. The number of ether oxygens (including phenoxy) is 1. The number of amides is 1. The molecule has 2 aromatic carbocycles. The number of Topliss-reactive ketones (excluding diaryl/α,β-unsaturated/α-hetero) is 1. The van der Waals surface area contributed by atoms with Crippen molar-refractivity contribution in [2.75, 3.05) is 16.9 Å². The molecule has 1 unspecified atom stereocenters. The number of rotatable bonds is 5. The van der Waals surface area contributed by atoms with Gasteiger partial charge in [-0.1, -0.05) is 18.2 Å². The largest absolute Gasteiger partial charge is 0.464 e. The molecule has 0 spiro atoms. The fourth-order valence-electron chi connectivity index (χ4n) is 2.95. The summed E-state index contributed by atoms with van der Waals surface area (Å²) in [6, 6.07) is 13.7. The Hall–Kier alpha value is -3.55. The van der Waals surface area contributed by atoms with Crippen LogP contribution in [0.5, 0.6) is 0 Å². The number of nitrogens with one attached hydrogen (secondary N) is 1. The zero-order valence-electron chi connectivity index (χ0n) is 15.3. The second-order valence-electron chi connectivity index (χ2n) is 6.18. The number of carbonyl (C=O) groups excluding carboxylic acids is 3. The van der Waals surface area contributed by atoms with E-state index in [-0.39, 0.29) is 18.0 Å². The summed E-state index contributed by atoms with van der Waals surface area (Å²) in [7, 11) is 0. The Labute approximate surface area is 160 Å². The highest BCUT2D eigenvalue weighted by molar-refractivity contribution is 6.75. The van der Waals surface area contributed by atoms with Gasteiger partial charge in [-0.2, -0.15) is 5.10 Å². The number of esters is 1. The maximum atomic E-state index is 13.3. The molecule has 1 aliphatic rings. The molecule has 1 amide bonds. The predicted octanol–water partition coefficient (Wildman–Crippen LogP) is 2.53. The second-order valence-corrected chi connectivity index (χ2v) is 6.18. The van der Waals surface area contributed by atoms with Gasteiger partial charge in [0.15, 0.2) is 11.3 Å². The number of nitrogens with zero attached hydrogens (tertiary/aromatic N) is 2. The monoisotopic (exact) mass is 383 g/mol. The normalized spacial score (nSPS) is 20.5. The fraction of sp³-hybridized carbons (Fsp3) is 0.200. The minimum atomic E-state index is -1.80. The van der Waals surface area contributed by atoms with E-state index in [2.05, 4.69) is 10.5 Å². The minimum Gasteiger partial charge on any atom is -0.464 e. The molecule has 1 atom stereocenters. The van der Waals surface area contributed by atoms with Crippen LogP contribution in [0.2, 0.25) is 0 Å². The summed E-state index contributed by atoms with van der Waals surface area (Å²) in [5, 5.41) is 4.05. The molecule has 1 heterocycles. The molecular formula is C20H18FN3O4. The molecule has 0 bridgehead atoms. The van der Waals surface area contributed by atoms with Crippen LogP contribution in [0.1, 0.15) is 13.8 Å². The molecule has 1 fully saturated rings. The van der Waals surface area contributed by atoms with Gasteiger partial charge in [-0.15, -0.1) is 0 Å². The van der Waals surface area contributed by atoms with Gasteiger partial charge in [-0.3, -0.25) is 19.9 Å². The van der Waals surface area contributed by atoms with Crippen LogP contribution in [0.15, 0.2) is 59.7 Å². The highest BCUT2D eigenvalue weighted by Gasteiger charge is 2.60. The summed E-state index contributed by atoms with van der Waals surface area (Å²) in [4.78, 5) is 39.1. The average Bonchev–Trinajstić information content (AvgIpc) is 2.89. The first-order valence-corrected chi connectivity index (χ1v) is 8.60. The molecule has 144 valence electrons. The molecule has 28 heavy (non-hydrogen) atoms. The third kappa shape index (κ3) is 3.24. The zero-order valence-corrected chi connectivity index (χ0v) is 15.3. The van der Waals surface area contributed by atoms with Crippen molar-refractivity contribution in [2.24, 2.45) is 5.10 Å². The number of halogens is 1. The van der Waals surface area contributed by atoms with Crippen LogP contribution in [0.25, 0.3) is 0 Å². The number of para-hydroxylation sites is 1. The zero-order chi connectivity index (χ0) is 20.3. The van der Waals surface area contributed by atoms with Crippen LogP contribution in [0.4, 0.5) is 15.8 Å². The first kappa shape index (κ1) is 19.2. The van der Waals surface area contributed by atoms with Gasteiger partial charge in [0.25, 0.3) is 5.78 Å². The Morgan fingerprint density at radius 3 is 2.39 bits per heavy atom. The number of anilines is 2. The van der Waals surface area contributed by atoms with Crippen molar-refractivity contribution < 1.29 is 23.5 Å². The van der Waals surface area contributed by atoms with Gasteiger partial charge < -0.3 is 4.74 Å². The number of hydrogen-bond acceptors (Lipinski definition) is 6. The van der Waals surface area contributed by atoms with E-state index in [0.29, 0.717) is 5.69 Å². The predicted molar refractivity (Wildman–Crippen MR) is 101 cm³/mol. The van der Waals surface area contributed by atoms with Gasteiger partial charge >= 0.3 is 11.9 Å². The van der Waals surface area contributed by atoms with Crippen molar-refractivity contribution in [3.63, 3.8) is 0 Å². The lowest BCUT2D eigenvalue weighted by molar-refractivity contribution is -0.147. The van der Waals surface area contributed by atoms with Crippen molar-refractivity contribution in [3.8, 4) is 0 Å². The first-order chi connectivity index (χ1) is 13.4. The van der Waals surface area contributed by atoms with Gasteiger partial charge in [-0.25, -0.2) is 9.18 Å². The molecule has 3 rings (SSSR count). The van der Waals surface area contributed by atoms with Crippen LogP contribution in [-0.2, 0) is 19.1 Å². The highest BCUT2D eigenvalue weighted by atomic mass is 19.1. The van der Waals surface area contributed by atoms with Crippen molar-refractivity contribution in [1.29, 1.82) is 0 Å². The lowest BCUT2D eigenvalue weighted by Gasteiger charge is -2.31. The summed E-state index contributed by atoms with van der Waals surface area (Å²) in [6.07, 6.45) is 0. The second kappa shape index (κ2) is 7.59. The van der Waals surface area contributed by atoms with E-state index in [4.69, 9.17) is 4.74 Å². The Morgan fingerprint density at radius 1 is 1.14 bits per heavy atom. The van der Waals surface area contributed by atoms with Gasteiger partial charge in [0.2, 0.25) is 0 Å². The quantitative estimate of drug-likeness (QED) is 0.487. The standard InChI is InChI=1S/C20H18FN3O4/c1-3-28-19(27)20(2)17(23-22-14-7-5-4-6-8-14)16(25)18(26)24(20)15-11-9-13(21)10-12-15/h4-12,22H,3H2,1-2H3/b23-17+. The van der Waals surface area contributed by atoms with E-state index in [1.165, 1.54) is 19.1 Å². The minimum absolute atomic E-state index is 0.0491. The Kier molecular flexibility index (Phi) is 5.21. The lowest BCUT2D eigenvalue weighted by atomic mass is 9.95. The smallest absolute Gasteiger partial charge is 0.338 e. The number of carbonyl (C=O) groups is 3. The molecule has 7 nitrogen and oxygen atoms in total. The fourth-order valence-corrected chi connectivity index (χ4v) is 2.95. The van der Waals surface area contributed by atoms with E-state index < -0.39 is 29.0 Å². The average molecular weight is 383 g/mol. The SMILES string of the molecule is CCOC(=O)C1(C)/C(=N/Nc2ccccc2)C(=O)C(=O)N1c1ccc(F)cc1. The molecule has 1 aliphatic heterocycles. The molecule has 0 aliphatic carbocycles. The van der Waals surface area contributed by atoms with Crippen LogP contribution in [-0.4, -0.2) is 35.5 Å². The van der Waals surface area contributed by atoms with E-state index in [1.807, 2.05) is 6.07 Å². The van der Waals surface area contributed by atoms with Gasteiger partial charge in [0.05, 0.1) is 12.3 Å². The summed E-state index contributed by atoms with van der Waals surface area (Å²) < 4.78 is 18.4. The Balaban J connectivity index is 2.09. The van der Waals surface area contributed by atoms with Gasteiger partial charge in [0, 0.05) is 5.69 Å². The first-order valence-electron chi connectivity index (χ1n) is 8.60. The Morgan fingerprint density at radius 2 is 1.79 bits per heavy atom. The van der Waals surface area contributed by atoms with E-state index >= 15 is 0 Å². The van der Waals surface area contributed by atoms with Crippen molar-refractivity contribution in [3.05, 3.63) is 60.4 Å². The number of hydrogen-bond donors (Lipinski definition) is 1. The molecule has 0 radical (unpaired) electrons. The van der Waals surface area contributed by atoms with E-state index in [9.17, 15) is 18.8 Å². The van der Waals surface area contributed by atoms with Crippen LogP contribution in [0, 0.1) is 5.82 Å². The van der Waals surface area contributed by atoms with Gasteiger partial charge in [-0.05, 0) is 50.2 Å². The molecule has 8 heteroatoms. The molecule has 0 aromatic heterocycles. The lowest BCUT2D eigenvalue weighted by Crippen LogP contribution is -2.55. The van der Waals surface area contributed by atoms with E-state index in [1.54, 1.807) is 31.2 Å². The number of hydrazone groups is 1. The van der Waals surface area contributed by atoms with Crippen LogP contribution >= 0.6 is 0 Å². The Bertz CT molecular complexity index is 944. The highest BCUT2D eigenvalue weighted by Crippen LogP contribution is 2.33. The maximum Gasteiger partial charge on any atom is 0.338 e. The topological polar surface area (TPSA) is 88.1 Å². The van der Waals surface area contributed by atoms with Crippen LogP contribution < -0.4 is 10.3 Å². The molecule has 1 saturated heterocycles. The van der Waals surface area contributed by atoms with Crippen molar-refractivity contribution in [2.45, 2.75) is 19.4 Å².